The molecule has 3 N–H and O–H groups in total. The number of phenols is 1. The lowest BCUT2D eigenvalue weighted by molar-refractivity contribution is 0.448. The number of nitrogens with zero attached hydrogens (tertiary/aromatic N) is 1. The van der Waals surface area contributed by atoms with Crippen molar-refractivity contribution in [1.82, 2.24) is 0 Å². The number of thioether (sulfide) groups is 1. The maximum absolute atomic E-state index is 10.7. The Balaban J connectivity index is 1.50. The van der Waals surface area contributed by atoms with Gasteiger partial charge in [0.15, 0.2) is 0 Å². The molecule has 0 saturated heterocycles. The van der Waals surface area contributed by atoms with E-state index in [4.69, 9.17) is 5.41 Å². The zero-order valence-electron chi connectivity index (χ0n) is 18.7. The number of benzene rings is 3. The van der Waals surface area contributed by atoms with Crippen LogP contribution in [-0.2, 0) is 5.41 Å². The second kappa shape index (κ2) is 8.67. The van der Waals surface area contributed by atoms with Crippen LogP contribution in [0.25, 0.3) is 10.8 Å². The molecule has 0 aliphatic heterocycles. The van der Waals surface area contributed by atoms with Crippen molar-refractivity contribution in [2.75, 3.05) is 5.43 Å². The van der Waals surface area contributed by atoms with Gasteiger partial charge < -0.3 is 5.11 Å². The molecule has 0 fully saturated rings. The number of nitrogens with one attached hydrogen (secondary N) is 2. The van der Waals surface area contributed by atoms with Crippen molar-refractivity contribution >= 4 is 39.6 Å². The molecule has 162 valence electrons. The number of hydrogen-bond donors (Lipinski definition) is 3. The van der Waals surface area contributed by atoms with Crippen LogP contribution in [0.3, 0.4) is 0 Å². The van der Waals surface area contributed by atoms with E-state index in [0.29, 0.717) is 17.1 Å². The quantitative estimate of drug-likeness (QED) is 0.228. The summed E-state index contributed by atoms with van der Waals surface area (Å²) in [4.78, 5) is 2.11. The molecular weight excluding hydrogens is 414 g/mol. The molecule has 0 amide bonds. The average molecular weight is 442 g/mol. The van der Waals surface area contributed by atoms with Gasteiger partial charge in [-0.1, -0.05) is 68.9 Å². The first kappa shape index (κ1) is 21.9. The molecule has 0 heterocycles. The van der Waals surface area contributed by atoms with E-state index >= 15 is 0 Å². The fraction of sp³-hybridized carbons (Fsp3) is 0.185. The third-order valence-electron chi connectivity index (χ3n) is 5.28. The molecular formula is C27H27N3OS. The summed E-state index contributed by atoms with van der Waals surface area (Å²) in [5.41, 5.74) is 6.07. The summed E-state index contributed by atoms with van der Waals surface area (Å²) < 4.78 is 0. The number of rotatable bonds is 4. The van der Waals surface area contributed by atoms with Gasteiger partial charge in [0.2, 0.25) is 0 Å². The Morgan fingerprint density at radius 3 is 2.44 bits per heavy atom. The second-order valence-electron chi connectivity index (χ2n) is 8.97. The lowest BCUT2D eigenvalue weighted by atomic mass is 9.85. The van der Waals surface area contributed by atoms with Crippen LogP contribution in [-0.4, -0.2) is 16.5 Å². The van der Waals surface area contributed by atoms with E-state index in [1.165, 1.54) is 10.8 Å². The third kappa shape index (κ3) is 4.78. The predicted octanol–water partition coefficient (Wildman–Crippen LogP) is 7.18. The number of aryl methyl sites for hydroxylation is 1. The molecule has 1 aliphatic rings. The molecule has 0 bridgehead atoms. The van der Waals surface area contributed by atoms with E-state index < -0.39 is 0 Å². The van der Waals surface area contributed by atoms with E-state index in [0.717, 1.165) is 20.9 Å². The van der Waals surface area contributed by atoms with Crippen molar-refractivity contribution in [3.63, 3.8) is 0 Å². The molecule has 0 radical (unpaired) electrons. The van der Waals surface area contributed by atoms with Crippen molar-refractivity contribution < 1.29 is 5.11 Å². The number of allylic oxidation sites excluding steroid dienone is 3. The molecule has 0 aromatic heterocycles. The lowest BCUT2D eigenvalue weighted by Gasteiger charge is -2.22. The highest BCUT2D eigenvalue weighted by molar-refractivity contribution is 8.03. The molecule has 0 saturated carbocycles. The molecule has 1 aliphatic carbocycles. The zero-order chi connectivity index (χ0) is 22.9. The fourth-order valence-electron chi connectivity index (χ4n) is 3.60. The highest BCUT2D eigenvalue weighted by atomic mass is 32.2. The summed E-state index contributed by atoms with van der Waals surface area (Å²) >= 11 is 1.63. The van der Waals surface area contributed by atoms with Gasteiger partial charge in [-0.15, -0.1) is 0 Å². The summed E-state index contributed by atoms with van der Waals surface area (Å²) in [6.45, 7) is 8.19. The van der Waals surface area contributed by atoms with Gasteiger partial charge in [-0.2, -0.15) is 5.10 Å². The maximum atomic E-state index is 10.7. The molecule has 5 heteroatoms. The van der Waals surface area contributed by atoms with Crippen molar-refractivity contribution in [2.45, 2.75) is 38.0 Å². The van der Waals surface area contributed by atoms with Gasteiger partial charge in [0, 0.05) is 15.4 Å². The van der Waals surface area contributed by atoms with Gasteiger partial charge in [0.1, 0.15) is 11.5 Å². The molecule has 4 rings (SSSR count). The maximum Gasteiger partial charge on any atom is 0.144 e. The SMILES string of the molecule is Cc1cc(N/N=C2/C=CC(Sc3ccc4ccccc4c3)=CC2=N)c(O)c(C(C)(C)C)c1. The van der Waals surface area contributed by atoms with Crippen molar-refractivity contribution in [1.29, 1.82) is 5.41 Å². The van der Waals surface area contributed by atoms with Gasteiger partial charge in [0.05, 0.1) is 11.4 Å². The van der Waals surface area contributed by atoms with Crippen LogP contribution in [0.1, 0.15) is 31.9 Å². The van der Waals surface area contributed by atoms with E-state index in [1.807, 2.05) is 49.4 Å². The first-order chi connectivity index (χ1) is 15.2. The molecule has 0 spiro atoms. The highest BCUT2D eigenvalue weighted by Crippen LogP contribution is 2.37. The summed E-state index contributed by atoms with van der Waals surface area (Å²) in [5, 5.41) is 25.9. The number of hydrogen-bond acceptors (Lipinski definition) is 5. The third-order valence-corrected chi connectivity index (χ3v) is 6.26. The van der Waals surface area contributed by atoms with Crippen LogP contribution in [0, 0.1) is 12.3 Å². The summed E-state index contributed by atoms with van der Waals surface area (Å²) in [5.74, 6) is 0.196. The topological polar surface area (TPSA) is 68.5 Å². The van der Waals surface area contributed by atoms with E-state index in [-0.39, 0.29) is 11.2 Å². The zero-order valence-corrected chi connectivity index (χ0v) is 19.5. The lowest BCUT2D eigenvalue weighted by Crippen LogP contribution is -2.14. The van der Waals surface area contributed by atoms with Crippen LogP contribution < -0.4 is 5.43 Å². The second-order valence-corrected chi connectivity index (χ2v) is 10.1. The summed E-state index contributed by atoms with van der Waals surface area (Å²) in [7, 11) is 0. The Bertz CT molecular complexity index is 1300. The van der Waals surface area contributed by atoms with E-state index in [2.05, 4.69) is 61.6 Å². The largest absolute Gasteiger partial charge is 0.505 e. The molecule has 32 heavy (non-hydrogen) atoms. The Morgan fingerprint density at radius 1 is 0.969 bits per heavy atom. The number of hydrazone groups is 1. The van der Waals surface area contributed by atoms with E-state index in [1.54, 1.807) is 11.8 Å². The van der Waals surface area contributed by atoms with Gasteiger partial charge >= 0.3 is 0 Å². The first-order valence-corrected chi connectivity index (χ1v) is 11.4. The fourth-order valence-corrected chi connectivity index (χ4v) is 4.51. The Kier molecular flexibility index (Phi) is 5.94. The highest BCUT2D eigenvalue weighted by Gasteiger charge is 2.21. The van der Waals surface area contributed by atoms with Crippen LogP contribution >= 0.6 is 11.8 Å². The van der Waals surface area contributed by atoms with Crippen LogP contribution in [0.4, 0.5) is 5.69 Å². The number of aromatic hydroxyl groups is 1. The van der Waals surface area contributed by atoms with E-state index in [9.17, 15) is 5.11 Å². The Hall–Kier alpha value is -3.31. The Labute approximate surface area is 193 Å². The Morgan fingerprint density at radius 2 is 1.72 bits per heavy atom. The van der Waals surface area contributed by atoms with Gasteiger partial charge in [-0.3, -0.25) is 10.8 Å². The number of fused-ring (bicyclic) bond motifs is 1. The number of phenolic OH excluding ortho intramolecular Hbond substituents is 1. The number of anilines is 1. The standard InChI is InChI=1S/C27H27N3OS/c1-17-13-22(27(2,3)4)26(31)25(14-17)30-29-24-12-11-21(16-23(24)28)32-20-10-9-18-7-5-6-8-19(18)15-20/h5-16,28,30-31H,1-4H3/b28-23?,29-24-. The normalized spacial score (nSPS) is 15.3. The minimum absolute atomic E-state index is 0.186. The molecule has 4 nitrogen and oxygen atoms in total. The molecule has 0 atom stereocenters. The molecule has 3 aromatic carbocycles. The van der Waals surface area contributed by atoms with Crippen molar-refractivity contribution in [3.8, 4) is 5.75 Å². The van der Waals surface area contributed by atoms with Gasteiger partial charge in [0.25, 0.3) is 0 Å². The minimum atomic E-state index is -0.186. The van der Waals surface area contributed by atoms with Crippen LogP contribution in [0.2, 0.25) is 0 Å². The van der Waals surface area contributed by atoms with Crippen molar-refractivity contribution in [3.05, 3.63) is 88.9 Å². The van der Waals surface area contributed by atoms with Gasteiger partial charge in [-0.25, -0.2) is 0 Å². The van der Waals surface area contributed by atoms with Crippen LogP contribution in [0.5, 0.6) is 5.75 Å². The summed E-state index contributed by atoms with van der Waals surface area (Å²) in [6.07, 6.45) is 5.61. The summed E-state index contributed by atoms with van der Waals surface area (Å²) in [6, 6.07) is 18.5. The first-order valence-electron chi connectivity index (χ1n) is 10.5. The minimum Gasteiger partial charge on any atom is -0.505 e. The van der Waals surface area contributed by atoms with Crippen molar-refractivity contribution in [2.24, 2.45) is 5.10 Å². The molecule has 3 aromatic rings. The smallest absolute Gasteiger partial charge is 0.144 e. The van der Waals surface area contributed by atoms with Gasteiger partial charge in [-0.05, 0) is 65.1 Å². The predicted molar refractivity (Wildman–Crippen MR) is 137 cm³/mol. The average Bonchev–Trinajstić information content (AvgIpc) is 2.74. The van der Waals surface area contributed by atoms with Crippen LogP contribution in [0.15, 0.2) is 87.7 Å². The monoisotopic (exact) mass is 441 g/mol. The molecule has 0 unspecified atom stereocenters.